The highest BCUT2D eigenvalue weighted by atomic mass is 32.1. The average molecular weight is 799 g/mol. The second kappa shape index (κ2) is 30.3. The van der Waals surface area contributed by atoms with Gasteiger partial charge in [-0.05, 0) is 27.7 Å². The number of ketones is 1. The van der Waals surface area contributed by atoms with E-state index in [4.69, 9.17) is 10.9 Å². The van der Waals surface area contributed by atoms with Gasteiger partial charge in [-0.3, -0.25) is 19.4 Å². The van der Waals surface area contributed by atoms with Gasteiger partial charge in [0, 0.05) is 55.5 Å². The van der Waals surface area contributed by atoms with Crippen LogP contribution in [0.3, 0.4) is 0 Å². The summed E-state index contributed by atoms with van der Waals surface area (Å²) >= 11 is 6.23. The number of carboxylic acids is 1. The number of nitrogen functional groups attached to an aromatic ring is 1. The first-order valence-electron chi connectivity index (χ1n) is 16.6. The highest BCUT2D eigenvalue weighted by molar-refractivity contribution is 7.16. The van der Waals surface area contributed by atoms with Crippen LogP contribution in [0.5, 0.6) is 0 Å². The van der Waals surface area contributed by atoms with Gasteiger partial charge in [0.15, 0.2) is 5.78 Å². The lowest BCUT2D eigenvalue weighted by Crippen LogP contribution is -2.44. The summed E-state index contributed by atoms with van der Waals surface area (Å²) in [6.45, 7) is 27.5. The third-order valence-electron chi connectivity index (χ3n) is 5.08. The lowest BCUT2D eigenvalue weighted by atomic mass is 10.2. The second-order valence-corrected chi connectivity index (χ2v) is 12.5. The maximum absolute atomic E-state index is 11.2. The summed E-state index contributed by atoms with van der Waals surface area (Å²) in [6, 6.07) is 0. The molecule has 0 saturated carbocycles. The molecule has 0 unspecified atom stereocenters. The maximum atomic E-state index is 11.2. The van der Waals surface area contributed by atoms with Gasteiger partial charge in [-0.25, -0.2) is 19.7 Å². The Morgan fingerprint density at radius 3 is 1.38 bits per heavy atom. The van der Waals surface area contributed by atoms with Gasteiger partial charge < -0.3 is 9.84 Å². The van der Waals surface area contributed by atoms with E-state index in [1.54, 1.807) is 74.0 Å². The summed E-state index contributed by atoms with van der Waals surface area (Å²) in [5.74, 6) is 3.42. The summed E-state index contributed by atoms with van der Waals surface area (Å²) < 4.78 is 8.91. The molecule has 0 radical (unpaired) electrons. The second-order valence-electron chi connectivity index (χ2n) is 8.55. The van der Waals surface area contributed by atoms with Crippen LogP contribution in [0.25, 0.3) is 9.66 Å². The summed E-state index contributed by atoms with van der Waals surface area (Å²) in [4.78, 5) is 47.1. The lowest BCUT2D eigenvalue weighted by molar-refractivity contribution is -0.639. The van der Waals surface area contributed by atoms with Gasteiger partial charge in [-0.1, -0.05) is 71.4 Å². The van der Waals surface area contributed by atoms with E-state index in [9.17, 15) is 19.2 Å². The largest absolute Gasteiger partial charge is 0.478 e. The summed E-state index contributed by atoms with van der Waals surface area (Å²) in [5.41, 5.74) is 2.44. The zero-order chi connectivity index (χ0) is 41.0. The Labute approximate surface area is 323 Å². The SMILES string of the molecule is CC.CC.CC.CC.CC(=O)OC(C)=O.CC(=O)c1c(C)nn2ccsc12.Cc1nccs1.Cc1nn2ccsc2c1C(=O)O.Cc1scc[n+]1N. The highest BCUT2D eigenvalue weighted by Crippen LogP contribution is 2.21. The number of carbonyl (C=O) groups is 4. The summed E-state index contributed by atoms with van der Waals surface area (Å²) in [5, 5.41) is 27.0. The van der Waals surface area contributed by atoms with E-state index < -0.39 is 17.9 Å². The first kappa shape index (κ1) is 52.0. The van der Waals surface area contributed by atoms with E-state index in [1.165, 1.54) is 25.2 Å². The monoisotopic (exact) mass is 798 g/mol. The third kappa shape index (κ3) is 19.3. The number of carbonyl (C=O) groups excluding carboxylic acids is 3. The number of fused-ring (bicyclic) bond motifs is 2. The number of esters is 2. The first-order valence-corrected chi connectivity index (χ1v) is 20.1. The van der Waals surface area contributed by atoms with Gasteiger partial charge in [0.2, 0.25) is 6.20 Å². The van der Waals surface area contributed by atoms with E-state index in [-0.39, 0.29) is 5.78 Å². The Bertz CT molecular complexity index is 1720. The Hall–Kier alpha value is -4.32. The molecule has 0 atom stereocenters. The van der Waals surface area contributed by atoms with Crippen molar-refractivity contribution < 1.29 is 33.7 Å². The molecule has 52 heavy (non-hydrogen) atoms. The zero-order valence-corrected chi connectivity index (χ0v) is 36.3. The van der Waals surface area contributed by atoms with Gasteiger partial charge in [-0.2, -0.15) is 10.2 Å². The van der Waals surface area contributed by atoms with Crippen LogP contribution in [0.1, 0.15) is 118 Å². The van der Waals surface area contributed by atoms with Gasteiger partial charge in [-0.15, -0.1) is 34.0 Å². The Balaban J connectivity index is -0.000000563. The number of aryl methyl sites for hydroxylation is 4. The van der Waals surface area contributed by atoms with Crippen molar-refractivity contribution >= 4 is 78.7 Å². The van der Waals surface area contributed by atoms with Gasteiger partial charge in [0.1, 0.15) is 15.2 Å². The van der Waals surface area contributed by atoms with E-state index >= 15 is 0 Å². The van der Waals surface area contributed by atoms with E-state index in [0.29, 0.717) is 16.1 Å². The fourth-order valence-electron chi connectivity index (χ4n) is 3.29. The van der Waals surface area contributed by atoms with Crippen LogP contribution < -0.4 is 10.5 Å². The predicted molar refractivity (Wildman–Crippen MR) is 217 cm³/mol. The Morgan fingerprint density at radius 2 is 1.13 bits per heavy atom. The molecule has 290 valence electrons. The molecule has 0 aliphatic heterocycles. The number of aromatic nitrogens is 6. The van der Waals surface area contributed by atoms with E-state index in [0.717, 1.165) is 26.1 Å². The molecule has 6 aromatic rings. The zero-order valence-electron chi connectivity index (χ0n) is 33.0. The van der Waals surface area contributed by atoms with Crippen molar-refractivity contribution in [2.75, 3.05) is 5.84 Å². The standard InChI is InChI=1S/C8H8N2OS.C7H6N2O2S.C4H7N2S.C4H5NS.C4H6O3.4C2H6/c1-5-7(6(2)11)8-10(9-5)3-4-12-8;1-4-5(7(10)11)6-9(8-4)2-3-12-6;1-4-6(5)2-3-7-4;1-4-5-2-3-6-4;1-3(5)7-4(2)6;4*1-2/h3-4H,1-2H3;2-3H,1H3,(H,10,11);2-3H,5H2,1H3;2-3H,1H3;1-2H3;4*1-2H3/q;;+1;;;;;;. The van der Waals surface area contributed by atoms with Gasteiger partial charge in [0.25, 0.3) is 5.01 Å². The fraction of sp³-hybridized carbons (Fsp3) is 0.429. The number of aromatic carboxylic acids is 1. The smallest absolute Gasteiger partial charge is 0.340 e. The van der Waals surface area contributed by atoms with Crippen LogP contribution >= 0.6 is 45.3 Å². The fourth-order valence-corrected chi connectivity index (χ4v) is 6.10. The van der Waals surface area contributed by atoms with Crippen LogP contribution in [0.15, 0.2) is 46.3 Å². The number of ether oxygens (including phenoxy) is 1. The molecule has 13 nitrogen and oxygen atoms in total. The molecule has 0 saturated heterocycles. The van der Waals surface area contributed by atoms with Crippen molar-refractivity contribution in [3.63, 3.8) is 0 Å². The number of Topliss-reactive ketones (excluding diaryl/α,β-unsaturated/α-hetero) is 1. The molecule has 3 N–H and O–H groups in total. The molecule has 0 aliphatic carbocycles. The maximum Gasteiger partial charge on any atom is 0.340 e. The van der Waals surface area contributed by atoms with Crippen molar-refractivity contribution in [3.05, 3.63) is 78.8 Å². The Kier molecular flexibility index (Phi) is 30.3. The van der Waals surface area contributed by atoms with Crippen molar-refractivity contribution in [1.82, 2.24) is 24.2 Å². The van der Waals surface area contributed by atoms with Crippen LogP contribution in [0.2, 0.25) is 0 Å². The van der Waals surface area contributed by atoms with E-state index in [1.807, 2.05) is 110 Å². The molecule has 0 bridgehead atoms. The predicted octanol–water partition coefficient (Wildman–Crippen LogP) is 9.02. The third-order valence-corrected chi connectivity index (χ3v) is 8.34. The molecular weight excluding hydrogens is 743 g/mol. The topological polar surface area (TPSA) is 175 Å². The quantitative estimate of drug-likeness (QED) is 0.0565. The van der Waals surface area contributed by atoms with Gasteiger partial charge >= 0.3 is 17.9 Å². The molecule has 6 aromatic heterocycles. The molecule has 17 heteroatoms. The molecule has 0 spiro atoms. The van der Waals surface area contributed by atoms with Crippen LogP contribution in [0.4, 0.5) is 0 Å². The van der Waals surface area contributed by atoms with Crippen molar-refractivity contribution in [1.29, 1.82) is 0 Å². The van der Waals surface area contributed by atoms with Crippen LogP contribution in [-0.2, 0) is 14.3 Å². The van der Waals surface area contributed by atoms with Crippen molar-refractivity contribution in [2.24, 2.45) is 0 Å². The molecule has 0 aliphatic rings. The minimum atomic E-state index is -0.912. The number of thiazole rings is 4. The average Bonchev–Trinajstić information content (AvgIpc) is 3.97. The number of nitrogens with two attached hydrogens (primary N) is 1. The molecular formula is C35H56N7O6S4+. The number of hydrogen-bond donors (Lipinski definition) is 2. The molecule has 6 heterocycles. The first-order chi connectivity index (χ1) is 24.7. The molecule has 6 rings (SSSR count). The number of hydrogen-bond acceptors (Lipinski definition) is 13. The van der Waals surface area contributed by atoms with Crippen molar-refractivity contribution in [2.45, 2.75) is 104 Å². The van der Waals surface area contributed by atoms with E-state index in [2.05, 4.69) is 19.9 Å². The lowest BCUT2D eigenvalue weighted by Gasteiger charge is -1.87. The van der Waals surface area contributed by atoms with Crippen LogP contribution in [-0.4, -0.2) is 53.0 Å². The minimum absolute atomic E-state index is 0.0879. The minimum Gasteiger partial charge on any atom is -0.478 e. The number of nitrogens with zero attached hydrogens (tertiary/aromatic N) is 6. The molecule has 0 fully saturated rings. The summed E-state index contributed by atoms with van der Waals surface area (Å²) in [7, 11) is 0. The molecule has 0 amide bonds. The summed E-state index contributed by atoms with van der Waals surface area (Å²) in [6.07, 6.45) is 7.25. The Morgan fingerprint density at radius 1 is 0.692 bits per heavy atom. The van der Waals surface area contributed by atoms with Gasteiger partial charge in [0.05, 0.1) is 27.3 Å². The number of carboxylic acid groups (broad SMARTS) is 1. The highest BCUT2D eigenvalue weighted by Gasteiger charge is 2.16. The van der Waals surface area contributed by atoms with Crippen LogP contribution in [0, 0.1) is 27.7 Å². The normalized spacial score (nSPS) is 8.75. The number of rotatable bonds is 2. The molecule has 0 aromatic carbocycles. The van der Waals surface area contributed by atoms with Crippen molar-refractivity contribution in [3.8, 4) is 0 Å².